The molecule has 0 bridgehead atoms. The van der Waals surface area contributed by atoms with E-state index in [1.807, 2.05) is 0 Å². The van der Waals surface area contributed by atoms with Crippen LogP contribution in [-0.4, -0.2) is 43.1 Å². The third-order valence-electron chi connectivity index (χ3n) is 4.16. The largest absolute Gasteiger partial charge is 0.462 e. The molecule has 6 heteroatoms. The van der Waals surface area contributed by atoms with Crippen molar-refractivity contribution in [3.05, 3.63) is 35.4 Å². The first-order chi connectivity index (χ1) is 9.77. The van der Waals surface area contributed by atoms with Gasteiger partial charge in [-0.15, -0.1) is 0 Å². The fraction of sp³-hybridized carbons (Fsp3) is 0.429. The average Bonchev–Trinajstić information content (AvgIpc) is 3.24. The summed E-state index contributed by atoms with van der Waals surface area (Å²) in [6, 6.07) is 6.91. The van der Waals surface area contributed by atoms with Crippen LogP contribution in [0.5, 0.6) is 0 Å². The molecule has 1 aromatic rings. The van der Waals surface area contributed by atoms with E-state index in [4.69, 9.17) is 9.31 Å². The normalized spacial score (nSPS) is 28.8. The Balaban J connectivity index is 1.54. The number of hydrogen-bond donors (Lipinski definition) is 0. The van der Waals surface area contributed by atoms with Crippen LogP contribution < -0.4 is 0 Å². The molecule has 5 nitrogen and oxygen atoms in total. The van der Waals surface area contributed by atoms with Gasteiger partial charge >= 0.3 is 7.12 Å². The van der Waals surface area contributed by atoms with Gasteiger partial charge in [0.1, 0.15) is 0 Å². The molecule has 4 rings (SSSR count). The highest BCUT2D eigenvalue weighted by atomic mass is 16.6. The van der Waals surface area contributed by atoms with Crippen LogP contribution in [0.4, 0.5) is 0 Å². The van der Waals surface area contributed by atoms with Crippen molar-refractivity contribution < 1.29 is 18.9 Å². The molecule has 0 unspecified atom stereocenters. The number of imide groups is 1. The molecule has 2 amide bonds. The minimum atomic E-state index is -0.266. The Hall–Kier alpha value is -1.66. The van der Waals surface area contributed by atoms with Gasteiger partial charge in [0, 0.05) is 25.1 Å². The molecule has 1 saturated heterocycles. The molecule has 0 spiro atoms. The van der Waals surface area contributed by atoms with Crippen molar-refractivity contribution in [2.75, 3.05) is 13.2 Å². The maximum absolute atomic E-state index is 12.3. The van der Waals surface area contributed by atoms with Crippen LogP contribution in [0, 0.1) is 0 Å². The molecular weight excluding hydrogens is 257 g/mol. The average molecular weight is 271 g/mol. The molecule has 1 aliphatic carbocycles. The zero-order valence-electron chi connectivity index (χ0n) is 11.0. The third kappa shape index (κ3) is 1.72. The smallest absolute Gasteiger partial charge is 0.411 e. The molecule has 2 atom stereocenters. The molecule has 2 aliphatic heterocycles. The van der Waals surface area contributed by atoms with Crippen LogP contribution in [0.1, 0.15) is 33.6 Å². The Labute approximate surface area is 117 Å². The van der Waals surface area contributed by atoms with Gasteiger partial charge in [0.2, 0.25) is 0 Å². The van der Waals surface area contributed by atoms with Crippen LogP contribution in [0.2, 0.25) is 5.82 Å². The standard InChI is InChI=1S/C14H14BNO4/c17-13-9-4-1-2-5-10(9)14(18)16(13)12-8-11(12)15-19-6-3-7-20-15/h1-2,4-5,11-12H,3,6-8H2/t11-,12-/m0/s1. The quantitative estimate of drug-likeness (QED) is 0.601. The molecule has 2 fully saturated rings. The molecule has 1 saturated carbocycles. The first-order valence-electron chi connectivity index (χ1n) is 6.97. The summed E-state index contributed by atoms with van der Waals surface area (Å²) < 4.78 is 11.1. The topological polar surface area (TPSA) is 55.8 Å². The highest BCUT2D eigenvalue weighted by Gasteiger charge is 2.57. The van der Waals surface area contributed by atoms with Gasteiger partial charge in [0.25, 0.3) is 11.8 Å². The zero-order chi connectivity index (χ0) is 13.7. The second kappa shape index (κ2) is 4.43. The maximum atomic E-state index is 12.3. The van der Waals surface area contributed by atoms with Crippen LogP contribution in [0.3, 0.4) is 0 Å². The van der Waals surface area contributed by atoms with E-state index in [2.05, 4.69) is 0 Å². The lowest BCUT2D eigenvalue weighted by Crippen LogP contribution is -2.37. The van der Waals surface area contributed by atoms with Crippen molar-refractivity contribution in [2.24, 2.45) is 0 Å². The monoisotopic (exact) mass is 271 g/mol. The number of carbonyl (C=O) groups excluding carboxylic acids is 2. The lowest BCUT2D eigenvalue weighted by Gasteiger charge is -2.21. The molecular formula is C14H14BNO4. The summed E-state index contributed by atoms with van der Waals surface area (Å²) in [6.45, 7) is 1.38. The summed E-state index contributed by atoms with van der Waals surface area (Å²) in [6.07, 6.45) is 1.68. The molecule has 0 aromatic heterocycles. The highest BCUT2D eigenvalue weighted by molar-refractivity contribution is 6.48. The van der Waals surface area contributed by atoms with Crippen molar-refractivity contribution >= 4 is 18.9 Å². The second-order valence-electron chi connectivity index (χ2n) is 5.46. The Morgan fingerprint density at radius 2 is 1.65 bits per heavy atom. The Kier molecular flexibility index (Phi) is 2.68. The minimum absolute atomic E-state index is 0.0782. The lowest BCUT2D eigenvalue weighted by atomic mass is 9.80. The van der Waals surface area contributed by atoms with Crippen molar-refractivity contribution in [1.29, 1.82) is 0 Å². The first-order valence-corrected chi connectivity index (χ1v) is 6.97. The van der Waals surface area contributed by atoms with E-state index < -0.39 is 0 Å². The summed E-state index contributed by atoms with van der Waals surface area (Å²) in [5, 5.41) is 0. The molecule has 2 heterocycles. The Morgan fingerprint density at radius 1 is 1.05 bits per heavy atom. The minimum Gasteiger partial charge on any atom is -0.411 e. The zero-order valence-corrected chi connectivity index (χ0v) is 11.0. The number of fused-ring (bicyclic) bond motifs is 1. The van der Waals surface area contributed by atoms with Crippen molar-refractivity contribution in [2.45, 2.75) is 24.7 Å². The summed E-state index contributed by atoms with van der Waals surface area (Å²) in [7, 11) is -0.266. The Morgan fingerprint density at radius 3 is 2.25 bits per heavy atom. The predicted molar refractivity (Wildman–Crippen MR) is 71.4 cm³/mol. The highest BCUT2D eigenvalue weighted by Crippen LogP contribution is 2.47. The first kappa shape index (κ1) is 12.1. The number of rotatable bonds is 2. The predicted octanol–water partition coefficient (Wildman–Crippen LogP) is 1.35. The fourth-order valence-electron chi connectivity index (χ4n) is 3.05. The van der Waals surface area contributed by atoms with E-state index in [-0.39, 0.29) is 30.8 Å². The van der Waals surface area contributed by atoms with Crippen LogP contribution >= 0.6 is 0 Å². The molecule has 0 N–H and O–H groups in total. The van der Waals surface area contributed by atoms with E-state index in [0.717, 1.165) is 12.8 Å². The number of amides is 2. The van der Waals surface area contributed by atoms with Gasteiger partial charge < -0.3 is 9.31 Å². The Bertz CT molecular complexity index is 549. The van der Waals surface area contributed by atoms with Gasteiger partial charge in [-0.3, -0.25) is 14.5 Å². The van der Waals surface area contributed by atoms with E-state index in [0.29, 0.717) is 24.3 Å². The van der Waals surface area contributed by atoms with Gasteiger partial charge in [0.15, 0.2) is 0 Å². The maximum Gasteiger partial charge on any atom is 0.462 e. The third-order valence-corrected chi connectivity index (χ3v) is 4.16. The van der Waals surface area contributed by atoms with Gasteiger partial charge in [-0.05, 0) is 25.0 Å². The lowest BCUT2D eigenvalue weighted by molar-refractivity contribution is 0.0638. The van der Waals surface area contributed by atoms with Crippen LogP contribution in [0.25, 0.3) is 0 Å². The number of benzene rings is 1. The van der Waals surface area contributed by atoms with E-state index in [1.54, 1.807) is 24.3 Å². The molecule has 0 radical (unpaired) electrons. The van der Waals surface area contributed by atoms with E-state index >= 15 is 0 Å². The van der Waals surface area contributed by atoms with Gasteiger partial charge in [-0.2, -0.15) is 0 Å². The van der Waals surface area contributed by atoms with E-state index in [1.165, 1.54) is 4.90 Å². The number of nitrogens with zero attached hydrogens (tertiary/aromatic N) is 1. The van der Waals surface area contributed by atoms with Crippen LogP contribution in [0.15, 0.2) is 24.3 Å². The van der Waals surface area contributed by atoms with Crippen molar-refractivity contribution in [3.63, 3.8) is 0 Å². The summed E-state index contributed by atoms with van der Waals surface area (Å²) in [5.74, 6) is -0.250. The summed E-state index contributed by atoms with van der Waals surface area (Å²) in [5.41, 5.74) is 1.02. The van der Waals surface area contributed by atoms with Crippen molar-refractivity contribution in [3.8, 4) is 0 Å². The van der Waals surface area contributed by atoms with Gasteiger partial charge in [0.05, 0.1) is 11.1 Å². The fourth-order valence-corrected chi connectivity index (χ4v) is 3.05. The molecule has 3 aliphatic rings. The molecule has 20 heavy (non-hydrogen) atoms. The SMILES string of the molecule is O=C1c2ccccc2C(=O)N1[C@H]1C[C@@H]1B1OCCCO1. The second-order valence-corrected chi connectivity index (χ2v) is 5.46. The molecule has 1 aromatic carbocycles. The number of carbonyl (C=O) groups is 2. The van der Waals surface area contributed by atoms with Gasteiger partial charge in [-0.1, -0.05) is 12.1 Å². The summed E-state index contributed by atoms with van der Waals surface area (Å²) in [4.78, 5) is 26.1. The summed E-state index contributed by atoms with van der Waals surface area (Å²) >= 11 is 0. The number of hydrogen-bond acceptors (Lipinski definition) is 4. The van der Waals surface area contributed by atoms with Crippen molar-refractivity contribution in [1.82, 2.24) is 4.90 Å². The van der Waals surface area contributed by atoms with Gasteiger partial charge in [-0.25, -0.2) is 0 Å². The van der Waals surface area contributed by atoms with E-state index in [9.17, 15) is 9.59 Å². The van der Waals surface area contributed by atoms with Crippen LogP contribution in [-0.2, 0) is 9.31 Å². The molecule has 102 valence electrons.